The highest BCUT2D eigenvalue weighted by atomic mass is 79.9. The van der Waals surface area contributed by atoms with Gasteiger partial charge in [-0.2, -0.15) is 5.10 Å². The van der Waals surface area contributed by atoms with Gasteiger partial charge in [0.1, 0.15) is 22.6 Å². The Bertz CT molecular complexity index is 887. The minimum Gasteiger partial charge on any atom is -0.368 e. The van der Waals surface area contributed by atoms with Gasteiger partial charge in [0.2, 0.25) is 0 Å². The van der Waals surface area contributed by atoms with Gasteiger partial charge in [-0.25, -0.2) is 19.0 Å². The lowest BCUT2D eigenvalue weighted by molar-refractivity contribution is 0.578. The normalized spacial score (nSPS) is 15.8. The van der Waals surface area contributed by atoms with E-state index in [-0.39, 0.29) is 11.2 Å². The van der Waals surface area contributed by atoms with Gasteiger partial charge in [0, 0.05) is 19.0 Å². The lowest BCUT2D eigenvalue weighted by atomic mass is 9.95. The zero-order valence-corrected chi connectivity index (χ0v) is 14.1. The number of hydrogen-bond donors (Lipinski definition) is 1. The second-order valence-electron chi connectivity index (χ2n) is 5.95. The summed E-state index contributed by atoms with van der Waals surface area (Å²) in [4.78, 5) is 8.58. The maximum absolute atomic E-state index is 14.1. The van der Waals surface area contributed by atoms with Crippen LogP contribution in [0, 0.1) is 5.82 Å². The van der Waals surface area contributed by atoms with Crippen LogP contribution in [-0.2, 0) is 12.5 Å². The second-order valence-corrected chi connectivity index (χ2v) is 6.70. The fraction of sp³-hybridized carbons (Fsp3) is 0.312. The quantitative estimate of drug-likeness (QED) is 0.758. The van der Waals surface area contributed by atoms with E-state index in [1.165, 1.54) is 12.4 Å². The predicted octanol–water partition coefficient (Wildman–Crippen LogP) is 3.41. The minimum absolute atomic E-state index is 0.137. The molecule has 1 aliphatic rings. The van der Waals surface area contributed by atoms with Crippen molar-refractivity contribution >= 4 is 32.8 Å². The molecular weight excluding hydrogens is 361 g/mol. The lowest BCUT2D eigenvalue weighted by Gasteiger charge is -2.18. The maximum Gasteiger partial charge on any atom is 0.164 e. The van der Waals surface area contributed by atoms with Crippen LogP contribution in [0.1, 0.15) is 18.4 Å². The van der Waals surface area contributed by atoms with Crippen molar-refractivity contribution in [2.45, 2.75) is 18.3 Å². The number of hydrogen-bond acceptors (Lipinski definition) is 4. The van der Waals surface area contributed by atoms with E-state index in [0.717, 1.165) is 35.3 Å². The molecule has 0 saturated heterocycles. The summed E-state index contributed by atoms with van der Waals surface area (Å²) in [6, 6.07) is 7.01. The summed E-state index contributed by atoms with van der Waals surface area (Å²) < 4.78 is 16.5. The summed E-state index contributed by atoms with van der Waals surface area (Å²) >= 11 is 3.45. The third kappa shape index (κ3) is 2.39. The Hall–Kier alpha value is -2.02. The van der Waals surface area contributed by atoms with Crippen molar-refractivity contribution in [3.05, 3.63) is 46.6 Å². The van der Waals surface area contributed by atoms with Gasteiger partial charge in [-0.15, -0.1) is 0 Å². The highest BCUT2D eigenvalue weighted by molar-refractivity contribution is 9.10. The number of anilines is 1. The number of rotatable bonds is 4. The Morgan fingerprint density at radius 3 is 2.83 bits per heavy atom. The number of nitrogens with zero attached hydrogens (tertiary/aromatic N) is 4. The SMILES string of the molecule is Cn1nc(Br)c2c(NCC3(c4ccccc4F)CC3)ncnc21. The number of aryl methyl sites for hydroxylation is 1. The second kappa shape index (κ2) is 5.26. The van der Waals surface area contributed by atoms with E-state index < -0.39 is 0 Å². The number of halogens is 2. The van der Waals surface area contributed by atoms with Crippen LogP contribution in [0.4, 0.5) is 10.2 Å². The lowest BCUT2D eigenvalue weighted by Crippen LogP contribution is -2.21. The molecule has 0 unspecified atom stereocenters. The van der Waals surface area contributed by atoms with Gasteiger partial charge in [0.25, 0.3) is 0 Å². The standard InChI is InChI=1S/C16H15BrFN5/c1-23-15-12(13(17)22-23)14(20-9-21-15)19-8-16(6-7-16)10-4-2-3-5-11(10)18/h2-5,9H,6-8H2,1H3,(H,19,20,21). The van der Waals surface area contributed by atoms with Crippen LogP contribution >= 0.6 is 15.9 Å². The molecule has 1 aromatic carbocycles. The third-order valence-electron chi connectivity index (χ3n) is 4.47. The van der Waals surface area contributed by atoms with Crippen LogP contribution in [-0.4, -0.2) is 26.3 Å². The number of aromatic nitrogens is 4. The van der Waals surface area contributed by atoms with E-state index in [1.807, 2.05) is 19.2 Å². The van der Waals surface area contributed by atoms with Crippen LogP contribution in [0.2, 0.25) is 0 Å². The van der Waals surface area contributed by atoms with E-state index in [4.69, 9.17) is 0 Å². The van der Waals surface area contributed by atoms with Crippen molar-refractivity contribution in [3.8, 4) is 0 Å². The first kappa shape index (κ1) is 14.6. The van der Waals surface area contributed by atoms with Crippen molar-refractivity contribution in [1.29, 1.82) is 0 Å². The monoisotopic (exact) mass is 375 g/mol. The van der Waals surface area contributed by atoms with Crippen molar-refractivity contribution in [2.75, 3.05) is 11.9 Å². The molecule has 1 aliphatic carbocycles. The molecule has 5 nitrogen and oxygen atoms in total. The Labute approximate surface area is 141 Å². The minimum atomic E-state index is -0.142. The summed E-state index contributed by atoms with van der Waals surface area (Å²) in [5, 5.41) is 8.53. The van der Waals surface area contributed by atoms with Gasteiger partial charge < -0.3 is 5.32 Å². The topological polar surface area (TPSA) is 55.6 Å². The molecule has 2 heterocycles. The van der Waals surface area contributed by atoms with Crippen molar-refractivity contribution in [1.82, 2.24) is 19.7 Å². The predicted molar refractivity (Wildman–Crippen MR) is 89.8 cm³/mol. The van der Waals surface area contributed by atoms with Crippen LogP contribution in [0.25, 0.3) is 11.0 Å². The fourth-order valence-electron chi connectivity index (χ4n) is 3.01. The summed E-state index contributed by atoms with van der Waals surface area (Å²) in [6.07, 6.45) is 3.47. The largest absolute Gasteiger partial charge is 0.368 e. The first-order valence-corrected chi connectivity index (χ1v) is 8.22. The molecule has 4 rings (SSSR count). The van der Waals surface area contributed by atoms with Crippen molar-refractivity contribution in [3.63, 3.8) is 0 Å². The Morgan fingerprint density at radius 2 is 2.09 bits per heavy atom. The molecule has 23 heavy (non-hydrogen) atoms. The highest BCUT2D eigenvalue weighted by Gasteiger charge is 2.45. The molecule has 0 atom stereocenters. The molecule has 118 valence electrons. The van der Waals surface area contributed by atoms with Crippen molar-refractivity contribution < 1.29 is 4.39 Å². The molecule has 1 N–H and O–H groups in total. The first-order chi connectivity index (χ1) is 11.1. The van der Waals surface area contributed by atoms with Crippen LogP contribution in [0.15, 0.2) is 35.2 Å². The third-order valence-corrected chi connectivity index (χ3v) is 5.03. The number of nitrogens with one attached hydrogen (secondary N) is 1. The molecule has 0 bridgehead atoms. The maximum atomic E-state index is 14.1. The van der Waals surface area contributed by atoms with Crippen LogP contribution in [0.3, 0.4) is 0 Å². The van der Waals surface area contributed by atoms with E-state index in [0.29, 0.717) is 11.1 Å². The summed E-state index contributed by atoms with van der Waals surface area (Å²) in [6.45, 7) is 0.640. The van der Waals surface area contributed by atoms with Crippen LogP contribution in [0.5, 0.6) is 0 Å². The van der Waals surface area contributed by atoms with E-state index >= 15 is 0 Å². The zero-order valence-electron chi connectivity index (χ0n) is 12.6. The van der Waals surface area contributed by atoms with Gasteiger partial charge in [0.05, 0.1) is 5.39 Å². The number of benzene rings is 1. The Balaban J connectivity index is 1.64. The van der Waals surface area contributed by atoms with E-state index in [1.54, 1.807) is 10.7 Å². The average molecular weight is 376 g/mol. The zero-order chi connectivity index (χ0) is 16.0. The van der Waals surface area contributed by atoms with E-state index in [2.05, 4.69) is 36.3 Å². The molecule has 2 aromatic heterocycles. The molecule has 0 aliphatic heterocycles. The van der Waals surface area contributed by atoms with Gasteiger partial charge in [-0.3, -0.25) is 0 Å². The molecular formula is C16H15BrFN5. The van der Waals surface area contributed by atoms with Crippen LogP contribution < -0.4 is 5.32 Å². The smallest absolute Gasteiger partial charge is 0.164 e. The first-order valence-electron chi connectivity index (χ1n) is 7.43. The van der Waals surface area contributed by atoms with E-state index in [9.17, 15) is 4.39 Å². The summed E-state index contributed by atoms with van der Waals surface area (Å²) in [5.74, 6) is 0.583. The number of fused-ring (bicyclic) bond motifs is 1. The summed E-state index contributed by atoms with van der Waals surface area (Å²) in [5.41, 5.74) is 1.39. The van der Waals surface area contributed by atoms with Crippen molar-refractivity contribution in [2.24, 2.45) is 7.05 Å². The van der Waals surface area contributed by atoms with Gasteiger partial charge in [-0.1, -0.05) is 18.2 Å². The molecule has 0 radical (unpaired) electrons. The highest BCUT2D eigenvalue weighted by Crippen LogP contribution is 2.49. The molecule has 3 aromatic rings. The van der Waals surface area contributed by atoms with Gasteiger partial charge in [0.15, 0.2) is 5.65 Å². The Morgan fingerprint density at radius 1 is 1.30 bits per heavy atom. The average Bonchev–Trinajstić information content (AvgIpc) is 3.27. The molecule has 7 heteroatoms. The summed E-state index contributed by atoms with van der Waals surface area (Å²) in [7, 11) is 1.84. The Kier molecular flexibility index (Phi) is 3.33. The molecule has 1 fully saturated rings. The molecule has 0 spiro atoms. The molecule has 0 amide bonds. The van der Waals surface area contributed by atoms with Gasteiger partial charge in [-0.05, 0) is 40.4 Å². The van der Waals surface area contributed by atoms with Gasteiger partial charge >= 0.3 is 0 Å². The molecule has 1 saturated carbocycles. The fourth-order valence-corrected chi connectivity index (χ4v) is 3.61.